The van der Waals surface area contributed by atoms with Crippen molar-refractivity contribution in [2.45, 2.75) is 18.4 Å². The average molecular weight is 322 g/mol. The van der Waals surface area contributed by atoms with Crippen LogP contribution in [0.4, 0.5) is 0 Å². The third-order valence-corrected chi connectivity index (χ3v) is 4.42. The maximum Gasteiger partial charge on any atom is 0.297 e. The molecule has 2 rings (SSSR count). The lowest BCUT2D eigenvalue weighted by molar-refractivity contribution is 0.305. The van der Waals surface area contributed by atoms with Crippen LogP contribution in [0.2, 0.25) is 0 Å². The normalized spacial score (nSPS) is 11.2. The van der Waals surface area contributed by atoms with Crippen molar-refractivity contribution in [1.82, 2.24) is 0 Å². The summed E-state index contributed by atoms with van der Waals surface area (Å²) in [4.78, 5) is 0.138. The number of ether oxygens (including phenoxy) is 2. The van der Waals surface area contributed by atoms with Gasteiger partial charge in [-0.05, 0) is 36.8 Å². The minimum absolute atomic E-state index is 0.0729. The summed E-state index contributed by atoms with van der Waals surface area (Å²) in [6, 6.07) is 11.6. The Bertz CT molecular complexity index is 736. The lowest BCUT2D eigenvalue weighted by atomic mass is 10.2. The molecule has 5 nitrogen and oxygen atoms in total. The molecule has 118 valence electrons. The molecule has 0 unspecified atom stereocenters. The third kappa shape index (κ3) is 3.78. The van der Waals surface area contributed by atoms with Crippen molar-refractivity contribution in [1.29, 1.82) is 0 Å². The topological polar surface area (TPSA) is 61.8 Å². The Kier molecular flexibility index (Phi) is 5.05. The Labute approximate surface area is 130 Å². The van der Waals surface area contributed by atoms with Crippen LogP contribution in [0.25, 0.3) is 0 Å². The van der Waals surface area contributed by atoms with E-state index in [0.717, 1.165) is 5.56 Å². The molecule has 6 heteroatoms. The molecule has 0 bridgehead atoms. The Hall–Kier alpha value is -2.05. The number of aryl methyl sites for hydroxylation is 1. The smallest absolute Gasteiger partial charge is 0.297 e. The van der Waals surface area contributed by atoms with Crippen LogP contribution < -0.4 is 9.47 Å². The lowest BCUT2D eigenvalue weighted by Crippen LogP contribution is -2.06. The first-order valence-corrected chi connectivity index (χ1v) is 8.04. The van der Waals surface area contributed by atoms with E-state index in [1.54, 1.807) is 30.3 Å². The highest BCUT2D eigenvalue weighted by Gasteiger charge is 2.15. The summed E-state index contributed by atoms with van der Waals surface area (Å²) in [5.74, 6) is 1.10. The monoisotopic (exact) mass is 322 g/mol. The van der Waals surface area contributed by atoms with Crippen LogP contribution in [0.15, 0.2) is 47.4 Å². The van der Waals surface area contributed by atoms with E-state index in [9.17, 15) is 8.42 Å². The molecule has 0 aliphatic rings. The van der Waals surface area contributed by atoms with Gasteiger partial charge in [-0.2, -0.15) is 8.42 Å². The Morgan fingerprint density at radius 3 is 2.14 bits per heavy atom. The lowest BCUT2D eigenvalue weighted by Gasteiger charge is -2.10. The van der Waals surface area contributed by atoms with Crippen molar-refractivity contribution in [2.75, 3.05) is 14.2 Å². The maximum atomic E-state index is 12.1. The molecular weight excluding hydrogens is 304 g/mol. The molecule has 0 amide bonds. The highest BCUT2D eigenvalue weighted by Crippen LogP contribution is 2.28. The van der Waals surface area contributed by atoms with Gasteiger partial charge in [0, 0.05) is 0 Å². The van der Waals surface area contributed by atoms with E-state index in [2.05, 4.69) is 0 Å². The first-order chi connectivity index (χ1) is 10.5. The summed E-state index contributed by atoms with van der Waals surface area (Å²) in [7, 11) is -0.726. The largest absolute Gasteiger partial charge is 0.493 e. The van der Waals surface area contributed by atoms with Crippen molar-refractivity contribution >= 4 is 10.1 Å². The number of benzene rings is 2. The zero-order valence-corrected chi connectivity index (χ0v) is 13.5. The number of hydrogen-bond donors (Lipinski definition) is 0. The molecule has 22 heavy (non-hydrogen) atoms. The second-order valence-corrected chi connectivity index (χ2v) is 6.33. The van der Waals surface area contributed by atoms with Gasteiger partial charge in [0.25, 0.3) is 10.1 Å². The van der Waals surface area contributed by atoms with E-state index in [1.807, 2.05) is 6.92 Å². The van der Waals surface area contributed by atoms with E-state index in [4.69, 9.17) is 13.7 Å². The van der Waals surface area contributed by atoms with Gasteiger partial charge in [-0.3, -0.25) is 4.18 Å². The summed E-state index contributed by atoms with van der Waals surface area (Å²) < 4.78 is 39.6. The van der Waals surface area contributed by atoms with Gasteiger partial charge in [0.05, 0.1) is 25.7 Å². The van der Waals surface area contributed by atoms with E-state index in [1.165, 1.54) is 26.4 Å². The quantitative estimate of drug-likeness (QED) is 0.765. The van der Waals surface area contributed by atoms with Crippen LogP contribution in [0, 0.1) is 6.92 Å². The fourth-order valence-electron chi connectivity index (χ4n) is 1.89. The van der Waals surface area contributed by atoms with Crippen molar-refractivity contribution < 1.29 is 22.1 Å². The second kappa shape index (κ2) is 6.81. The molecule has 0 aliphatic heterocycles. The molecule has 0 radical (unpaired) electrons. The van der Waals surface area contributed by atoms with Crippen LogP contribution >= 0.6 is 0 Å². The summed E-state index contributed by atoms with van der Waals surface area (Å²) in [5, 5.41) is 0. The molecule has 0 saturated carbocycles. The zero-order valence-electron chi connectivity index (χ0n) is 12.7. The molecule has 0 spiro atoms. The van der Waals surface area contributed by atoms with Crippen LogP contribution in [0.5, 0.6) is 11.5 Å². The van der Waals surface area contributed by atoms with Gasteiger partial charge < -0.3 is 9.47 Å². The first-order valence-electron chi connectivity index (χ1n) is 6.63. The van der Waals surface area contributed by atoms with E-state index < -0.39 is 10.1 Å². The molecular formula is C16H18O5S. The maximum absolute atomic E-state index is 12.1. The van der Waals surface area contributed by atoms with E-state index in [-0.39, 0.29) is 11.5 Å². The molecule has 0 aromatic heterocycles. The Morgan fingerprint density at radius 2 is 1.55 bits per heavy atom. The highest BCUT2D eigenvalue weighted by atomic mass is 32.2. The highest BCUT2D eigenvalue weighted by molar-refractivity contribution is 7.86. The molecule has 0 atom stereocenters. The van der Waals surface area contributed by atoms with Crippen molar-refractivity contribution in [3.63, 3.8) is 0 Å². The fourth-order valence-corrected chi connectivity index (χ4v) is 2.79. The molecule has 0 fully saturated rings. The van der Waals surface area contributed by atoms with Crippen LogP contribution in [-0.2, 0) is 20.9 Å². The third-order valence-electron chi connectivity index (χ3n) is 3.14. The van der Waals surface area contributed by atoms with Gasteiger partial charge in [0.1, 0.15) is 0 Å². The first kappa shape index (κ1) is 16.3. The van der Waals surface area contributed by atoms with Crippen molar-refractivity contribution in [3.8, 4) is 11.5 Å². The average Bonchev–Trinajstić information content (AvgIpc) is 2.53. The number of methoxy groups -OCH3 is 2. The van der Waals surface area contributed by atoms with Crippen LogP contribution in [0.1, 0.15) is 11.1 Å². The molecule has 0 N–H and O–H groups in total. The van der Waals surface area contributed by atoms with Gasteiger partial charge in [0.15, 0.2) is 11.5 Å². The zero-order chi connectivity index (χ0) is 16.2. The SMILES string of the molecule is COc1ccc(COS(=O)(=O)c2ccc(C)cc2)cc1OC. The molecule has 2 aromatic rings. The standard InChI is InChI=1S/C16H18O5S/c1-12-4-7-14(8-5-12)22(17,18)21-11-13-6-9-15(19-2)16(10-13)20-3/h4-10H,11H2,1-3H3. The predicted molar refractivity (Wildman–Crippen MR) is 82.7 cm³/mol. The second-order valence-electron chi connectivity index (χ2n) is 4.72. The van der Waals surface area contributed by atoms with E-state index in [0.29, 0.717) is 17.1 Å². The van der Waals surface area contributed by atoms with Gasteiger partial charge in [-0.15, -0.1) is 0 Å². The molecule has 0 saturated heterocycles. The predicted octanol–water partition coefficient (Wildman–Crippen LogP) is 2.92. The van der Waals surface area contributed by atoms with Gasteiger partial charge in [-0.25, -0.2) is 0 Å². The minimum Gasteiger partial charge on any atom is -0.493 e. The summed E-state index contributed by atoms with van der Waals surface area (Å²) in [6.45, 7) is 1.82. The van der Waals surface area contributed by atoms with E-state index >= 15 is 0 Å². The summed E-state index contributed by atoms with van der Waals surface area (Å²) in [6.07, 6.45) is 0. The Balaban J connectivity index is 2.13. The fraction of sp³-hybridized carbons (Fsp3) is 0.250. The van der Waals surface area contributed by atoms with Crippen molar-refractivity contribution in [2.24, 2.45) is 0 Å². The van der Waals surface area contributed by atoms with Crippen molar-refractivity contribution in [3.05, 3.63) is 53.6 Å². The number of hydrogen-bond acceptors (Lipinski definition) is 5. The van der Waals surface area contributed by atoms with Gasteiger partial charge in [0.2, 0.25) is 0 Å². The summed E-state index contributed by atoms with van der Waals surface area (Å²) >= 11 is 0. The molecule has 0 heterocycles. The number of rotatable bonds is 6. The summed E-state index contributed by atoms with van der Waals surface area (Å²) in [5.41, 5.74) is 1.66. The molecule has 0 aliphatic carbocycles. The molecule has 2 aromatic carbocycles. The minimum atomic E-state index is -3.78. The van der Waals surface area contributed by atoms with Crippen LogP contribution in [-0.4, -0.2) is 22.6 Å². The van der Waals surface area contributed by atoms with Gasteiger partial charge >= 0.3 is 0 Å². The van der Waals surface area contributed by atoms with Gasteiger partial charge in [-0.1, -0.05) is 23.8 Å². The van der Waals surface area contributed by atoms with Crippen LogP contribution in [0.3, 0.4) is 0 Å². The Morgan fingerprint density at radius 1 is 0.909 bits per heavy atom.